The van der Waals surface area contributed by atoms with Gasteiger partial charge in [0.25, 0.3) is 5.91 Å². The van der Waals surface area contributed by atoms with Gasteiger partial charge in [-0.3, -0.25) is 9.69 Å². The van der Waals surface area contributed by atoms with Crippen LogP contribution in [-0.2, 0) is 13.6 Å². The Morgan fingerprint density at radius 3 is 2.84 bits per heavy atom. The lowest BCUT2D eigenvalue weighted by Gasteiger charge is -2.32. The molecule has 0 saturated carbocycles. The zero-order valence-electron chi connectivity index (χ0n) is 14.7. The molecule has 1 atom stereocenters. The molecule has 0 bridgehead atoms. The van der Waals surface area contributed by atoms with Crippen LogP contribution in [0.2, 0.25) is 0 Å². The first kappa shape index (κ1) is 16.7. The van der Waals surface area contributed by atoms with Crippen molar-refractivity contribution in [2.75, 3.05) is 26.2 Å². The molecule has 2 fully saturated rings. The molecule has 4 heterocycles. The van der Waals surface area contributed by atoms with Crippen LogP contribution in [0, 0.1) is 0 Å². The molecule has 2 aromatic rings. The normalized spacial score (nSPS) is 21.8. The molecule has 0 aromatic carbocycles. The second-order valence-corrected chi connectivity index (χ2v) is 8.20. The van der Waals surface area contributed by atoms with Gasteiger partial charge < -0.3 is 9.47 Å². The lowest BCUT2D eigenvalue weighted by molar-refractivity contribution is 0.0708. The molecule has 25 heavy (non-hydrogen) atoms. The van der Waals surface area contributed by atoms with Gasteiger partial charge in [-0.05, 0) is 38.8 Å². The molecule has 6 nitrogen and oxygen atoms in total. The van der Waals surface area contributed by atoms with E-state index < -0.39 is 0 Å². The predicted octanol–water partition coefficient (Wildman–Crippen LogP) is 2.49. The van der Waals surface area contributed by atoms with Crippen molar-refractivity contribution in [3.8, 4) is 0 Å². The number of carbonyl (C=O) groups excluding carboxylic acids is 1. The summed E-state index contributed by atoms with van der Waals surface area (Å²) < 4.78 is 2.07. The number of aryl methyl sites for hydroxylation is 1. The van der Waals surface area contributed by atoms with E-state index in [1.165, 1.54) is 12.8 Å². The van der Waals surface area contributed by atoms with Gasteiger partial charge in [0, 0.05) is 38.4 Å². The van der Waals surface area contributed by atoms with Crippen molar-refractivity contribution >= 4 is 17.2 Å². The SMILES string of the molecule is Cn1ccnc1[C@H]1CCCN(C(=O)c2cnc(CN3CCCC3)s2)C1. The van der Waals surface area contributed by atoms with Crippen LogP contribution in [0.1, 0.15) is 52.1 Å². The minimum absolute atomic E-state index is 0.129. The quantitative estimate of drug-likeness (QED) is 0.842. The largest absolute Gasteiger partial charge is 0.338 e. The molecule has 0 N–H and O–H groups in total. The Morgan fingerprint density at radius 2 is 2.08 bits per heavy atom. The van der Waals surface area contributed by atoms with Crippen molar-refractivity contribution in [2.45, 2.75) is 38.1 Å². The summed E-state index contributed by atoms with van der Waals surface area (Å²) in [6, 6.07) is 0. The summed E-state index contributed by atoms with van der Waals surface area (Å²) in [5.41, 5.74) is 0. The molecule has 7 heteroatoms. The standard InChI is InChI=1S/C18H25N5OS/c1-21-10-6-19-17(21)14-5-4-9-23(12-14)18(24)15-11-20-16(25-15)13-22-7-2-3-8-22/h6,10-11,14H,2-5,7-9,12-13H2,1H3/t14-/m0/s1. The number of piperidine rings is 1. The molecule has 134 valence electrons. The van der Waals surface area contributed by atoms with Gasteiger partial charge in [0.1, 0.15) is 15.7 Å². The van der Waals surface area contributed by atoms with Gasteiger partial charge in [0.2, 0.25) is 0 Å². The molecule has 0 spiro atoms. The van der Waals surface area contributed by atoms with Crippen molar-refractivity contribution in [1.82, 2.24) is 24.3 Å². The summed E-state index contributed by atoms with van der Waals surface area (Å²) in [7, 11) is 2.02. The Kier molecular flexibility index (Phi) is 4.85. The van der Waals surface area contributed by atoms with Crippen molar-refractivity contribution in [2.24, 2.45) is 7.05 Å². The minimum Gasteiger partial charge on any atom is -0.338 e. The smallest absolute Gasteiger partial charge is 0.265 e. The zero-order valence-corrected chi connectivity index (χ0v) is 15.5. The Balaban J connectivity index is 1.41. The average Bonchev–Trinajstić information content (AvgIpc) is 3.37. The Bertz CT molecular complexity index is 733. The molecule has 2 aliphatic heterocycles. The molecular weight excluding hydrogens is 334 g/mol. The van der Waals surface area contributed by atoms with Crippen molar-refractivity contribution in [3.63, 3.8) is 0 Å². The number of hydrogen-bond donors (Lipinski definition) is 0. The third-order valence-corrected chi connectivity index (χ3v) is 6.22. The van der Waals surface area contributed by atoms with Crippen LogP contribution < -0.4 is 0 Å². The van der Waals surface area contributed by atoms with Gasteiger partial charge in [-0.15, -0.1) is 11.3 Å². The fourth-order valence-electron chi connectivity index (χ4n) is 3.91. The molecule has 0 radical (unpaired) electrons. The van der Waals surface area contributed by atoms with Gasteiger partial charge in [-0.1, -0.05) is 0 Å². The second kappa shape index (κ2) is 7.25. The van der Waals surface area contributed by atoms with Gasteiger partial charge in [-0.2, -0.15) is 0 Å². The Morgan fingerprint density at radius 1 is 1.24 bits per heavy atom. The summed E-state index contributed by atoms with van der Waals surface area (Å²) in [6.45, 7) is 4.77. The van der Waals surface area contributed by atoms with Crippen LogP contribution >= 0.6 is 11.3 Å². The third kappa shape index (κ3) is 3.62. The van der Waals surface area contributed by atoms with Gasteiger partial charge in [-0.25, -0.2) is 9.97 Å². The van der Waals surface area contributed by atoms with Crippen LogP contribution in [0.4, 0.5) is 0 Å². The lowest BCUT2D eigenvalue weighted by atomic mass is 9.97. The Hall–Kier alpha value is -1.73. The highest BCUT2D eigenvalue weighted by Crippen LogP contribution is 2.27. The number of carbonyl (C=O) groups is 1. The summed E-state index contributed by atoms with van der Waals surface area (Å²) in [4.78, 5) is 27.1. The van der Waals surface area contributed by atoms with Crippen molar-refractivity contribution in [3.05, 3.63) is 34.3 Å². The molecule has 2 saturated heterocycles. The number of imidazole rings is 1. The summed E-state index contributed by atoms with van der Waals surface area (Å²) in [5, 5.41) is 1.06. The van der Waals surface area contributed by atoms with Crippen LogP contribution in [0.15, 0.2) is 18.6 Å². The van der Waals surface area contributed by atoms with Gasteiger partial charge >= 0.3 is 0 Å². The van der Waals surface area contributed by atoms with Crippen LogP contribution in [-0.4, -0.2) is 56.4 Å². The van der Waals surface area contributed by atoms with E-state index in [9.17, 15) is 4.79 Å². The first-order chi connectivity index (χ1) is 12.2. The van der Waals surface area contributed by atoms with E-state index in [4.69, 9.17) is 0 Å². The fourth-order valence-corrected chi connectivity index (χ4v) is 4.84. The number of thiazole rings is 1. The number of likely N-dealkylation sites (tertiary alicyclic amines) is 2. The molecule has 2 aromatic heterocycles. The molecule has 4 rings (SSSR count). The predicted molar refractivity (Wildman–Crippen MR) is 97.7 cm³/mol. The van der Waals surface area contributed by atoms with E-state index in [0.29, 0.717) is 5.92 Å². The highest BCUT2D eigenvalue weighted by atomic mass is 32.1. The maximum Gasteiger partial charge on any atom is 0.265 e. The molecule has 0 aliphatic carbocycles. The van der Waals surface area contributed by atoms with E-state index in [0.717, 1.165) is 61.3 Å². The lowest BCUT2D eigenvalue weighted by Crippen LogP contribution is -2.39. The van der Waals surface area contributed by atoms with Crippen LogP contribution in [0.3, 0.4) is 0 Å². The number of rotatable bonds is 4. The number of hydrogen-bond acceptors (Lipinski definition) is 5. The van der Waals surface area contributed by atoms with Gasteiger partial charge in [0.05, 0.1) is 12.7 Å². The summed E-state index contributed by atoms with van der Waals surface area (Å²) >= 11 is 1.56. The maximum atomic E-state index is 12.9. The molecular formula is C18H25N5OS. The van der Waals surface area contributed by atoms with Crippen molar-refractivity contribution in [1.29, 1.82) is 0 Å². The van der Waals surface area contributed by atoms with E-state index in [1.54, 1.807) is 17.5 Å². The van der Waals surface area contributed by atoms with Gasteiger partial charge in [0.15, 0.2) is 0 Å². The minimum atomic E-state index is 0.129. The summed E-state index contributed by atoms with van der Waals surface area (Å²) in [5.74, 6) is 1.54. The maximum absolute atomic E-state index is 12.9. The van der Waals surface area contributed by atoms with E-state index in [-0.39, 0.29) is 5.91 Å². The van der Waals surface area contributed by atoms with E-state index in [2.05, 4.69) is 19.4 Å². The topological polar surface area (TPSA) is 54.3 Å². The number of amides is 1. The number of aromatic nitrogens is 3. The molecule has 1 amide bonds. The molecule has 0 unspecified atom stereocenters. The first-order valence-electron chi connectivity index (χ1n) is 9.14. The fraction of sp³-hybridized carbons (Fsp3) is 0.611. The third-order valence-electron chi connectivity index (χ3n) is 5.25. The Labute approximate surface area is 152 Å². The first-order valence-corrected chi connectivity index (χ1v) is 9.96. The monoisotopic (exact) mass is 359 g/mol. The van der Waals surface area contributed by atoms with E-state index in [1.807, 2.05) is 24.3 Å². The van der Waals surface area contributed by atoms with Crippen molar-refractivity contribution < 1.29 is 4.79 Å². The average molecular weight is 359 g/mol. The zero-order chi connectivity index (χ0) is 17.2. The van der Waals surface area contributed by atoms with Crippen LogP contribution in [0.5, 0.6) is 0 Å². The highest BCUT2D eigenvalue weighted by Gasteiger charge is 2.28. The number of nitrogens with zero attached hydrogens (tertiary/aromatic N) is 5. The summed E-state index contributed by atoms with van der Waals surface area (Å²) in [6.07, 6.45) is 10.3. The second-order valence-electron chi connectivity index (χ2n) is 7.09. The molecule has 2 aliphatic rings. The highest BCUT2D eigenvalue weighted by molar-refractivity contribution is 7.13. The van der Waals surface area contributed by atoms with Crippen LogP contribution in [0.25, 0.3) is 0 Å². The van der Waals surface area contributed by atoms with E-state index >= 15 is 0 Å².